The van der Waals surface area contributed by atoms with Gasteiger partial charge in [-0.25, -0.2) is 4.98 Å². The van der Waals surface area contributed by atoms with Gasteiger partial charge in [0, 0.05) is 12.7 Å². The van der Waals surface area contributed by atoms with Gasteiger partial charge in [0.05, 0.1) is 17.1 Å². The molecule has 0 bridgehead atoms. The first-order valence-electron chi connectivity index (χ1n) is 8.49. The average molecular weight is 400 g/mol. The van der Waals surface area contributed by atoms with Crippen LogP contribution in [0.5, 0.6) is 0 Å². The number of aromatic nitrogens is 1. The molecule has 2 amide bonds. The number of benzene rings is 1. The molecule has 27 heavy (non-hydrogen) atoms. The summed E-state index contributed by atoms with van der Waals surface area (Å²) in [6.07, 6.45) is 0. The lowest BCUT2D eigenvalue weighted by Crippen LogP contribution is -2.35. The fourth-order valence-electron chi connectivity index (χ4n) is 2.64. The molecule has 2 heterocycles. The number of nitrogens with one attached hydrogen (secondary N) is 1. The standard InChI is InChI=1S/C20H21N3O2S2/c1-12-7-5-8-15(13(12)2)22-17(24)11-23(4)20(25)18-14(3)21-19(27-18)16-9-6-10-26-16/h5-10H,11H2,1-4H3,(H,22,24). The molecule has 0 aliphatic heterocycles. The van der Waals surface area contributed by atoms with Crippen molar-refractivity contribution in [2.75, 3.05) is 18.9 Å². The number of thiazole rings is 1. The van der Waals surface area contributed by atoms with Crippen LogP contribution in [0.15, 0.2) is 35.7 Å². The van der Waals surface area contributed by atoms with Gasteiger partial charge in [-0.05, 0) is 49.4 Å². The van der Waals surface area contributed by atoms with Gasteiger partial charge in [-0.2, -0.15) is 0 Å². The van der Waals surface area contributed by atoms with E-state index in [1.54, 1.807) is 18.4 Å². The van der Waals surface area contributed by atoms with E-state index in [-0.39, 0.29) is 18.4 Å². The van der Waals surface area contributed by atoms with Gasteiger partial charge in [0.25, 0.3) is 5.91 Å². The van der Waals surface area contributed by atoms with E-state index >= 15 is 0 Å². The largest absolute Gasteiger partial charge is 0.332 e. The highest BCUT2D eigenvalue weighted by molar-refractivity contribution is 7.22. The Morgan fingerprint density at radius 2 is 1.93 bits per heavy atom. The predicted molar refractivity (Wildman–Crippen MR) is 112 cm³/mol. The van der Waals surface area contributed by atoms with Gasteiger partial charge in [-0.15, -0.1) is 22.7 Å². The van der Waals surface area contributed by atoms with Crippen molar-refractivity contribution < 1.29 is 9.59 Å². The molecule has 3 rings (SSSR count). The zero-order valence-electron chi connectivity index (χ0n) is 15.7. The van der Waals surface area contributed by atoms with Crippen molar-refractivity contribution in [1.29, 1.82) is 0 Å². The number of anilines is 1. The lowest BCUT2D eigenvalue weighted by Gasteiger charge is -2.17. The number of hydrogen-bond donors (Lipinski definition) is 1. The van der Waals surface area contributed by atoms with Gasteiger partial charge >= 0.3 is 0 Å². The third-order valence-corrected chi connectivity index (χ3v) is 6.51. The molecule has 1 N–H and O–H groups in total. The van der Waals surface area contributed by atoms with Gasteiger partial charge in [0.1, 0.15) is 9.88 Å². The van der Waals surface area contributed by atoms with Crippen LogP contribution in [0.4, 0.5) is 5.69 Å². The van der Waals surface area contributed by atoms with E-state index in [1.807, 2.05) is 56.5 Å². The van der Waals surface area contributed by atoms with Crippen molar-refractivity contribution in [2.45, 2.75) is 20.8 Å². The number of likely N-dealkylation sites (N-methyl/N-ethyl adjacent to an activating group) is 1. The second-order valence-corrected chi connectivity index (χ2v) is 8.31. The maximum Gasteiger partial charge on any atom is 0.266 e. The number of amides is 2. The number of aryl methyl sites for hydroxylation is 2. The molecule has 140 valence electrons. The van der Waals surface area contributed by atoms with Gasteiger partial charge in [-0.1, -0.05) is 18.2 Å². The SMILES string of the molecule is Cc1cccc(NC(=O)CN(C)C(=O)c2sc(-c3cccs3)nc2C)c1C. The predicted octanol–water partition coefficient (Wildman–Crippen LogP) is 4.51. The quantitative estimate of drug-likeness (QED) is 0.687. The van der Waals surface area contributed by atoms with E-state index in [1.165, 1.54) is 16.2 Å². The van der Waals surface area contributed by atoms with Crippen molar-refractivity contribution in [3.05, 3.63) is 57.4 Å². The molecule has 0 radical (unpaired) electrons. The number of nitrogens with zero attached hydrogens (tertiary/aromatic N) is 2. The first-order chi connectivity index (χ1) is 12.9. The van der Waals surface area contributed by atoms with Crippen LogP contribution in [-0.4, -0.2) is 35.3 Å². The topological polar surface area (TPSA) is 62.3 Å². The summed E-state index contributed by atoms with van der Waals surface area (Å²) < 4.78 is 0. The summed E-state index contributed by atoms with van der Waals surface area (Å²) in [7, 11) is 1.63. The van der Waals surface area contributed by atoms with Gasteiger partial charge in [0.2, 0.25) is 5.91 Å². The Morgan fingerprint density at radius 3 is 2.63 bits per heavy atom. The molecular weight excluding hydrogens is 378 g/mol. The van der Waals surface area contributed by atoms with E-state index < -0.39 is 0 Å². The molecule has 0 atom stereocenters. The number of carbonyl (C=O) groups excluding carboxylic acids is 2. The van der Waals surface area contributed by atoms with Crippen LogP contribution in [0.25, 0.3) is 9.88 Å². The third-order valence-electron chi connectivity index (χ3n) is 4.33. The summed E-state index contributed by atoms with van der Waals surface area (Å²) in [6.45, 7) is 5.77. The average Bonchev–Trinajstić information content (AvgIpc) is 3.27. The van der Waals surface area contributed by atoms with Crippen molar-refractivity contribution in [3.8, 4) is 9.88 Å². The van der Waals surface area contributed by atoms with E-state index in [4.69, 9.17) is 0 Å². The van der Waals surface area contributed by atoms with Crippen molar-refractivity contribution in [3.63, 3.8) is 0 Å². The molecule has 7 heteroatoms. The Labute approximate surface area is 166 Å². The number of carbonyl (C=O) groups is 2. The van der Waals surface area contributed by atoms with Crippen LogP contribution in [0.2, 0.25) is 0 Å². The minimum atomic E-state index is -0.222. The number of rotatable bonds is 5. The van der Waals surface area contributed by atoms with Crippen LogP contribution >= 0.6 is 22.7 Å². The van der Waals surface area contributed by atoms with Crippen LogP contribution in [0.3, 0.4) is 0 Å². The molecule has 0 aliphatic rings. The van der Waals surface area contributed by atoms with E-state index in [2.05, 4.69) is 10.3 Å². The lowest BCUT2D eigenvalue weighted by atomic mass is 10.1. The highest BCUT2D eigenvalue weighted by Crippen LogP contribution is 2.31. The zero-order chi connectivity index (χ0) is 19.6. The van der Waals surface area contributed by atoms with Crippen molar-refractivity contribution >= 4 is 40.2 Å². The maximum absolute atomic E-state index is 12.8. The number of hydrogen-bond acceptors (Lipinski definition) is 5. The minimum Gasteiger partial charge on any atom is -0.332 e. The van der Waals surface area contributed by atoms with Gasteiger partial charge in [0.15, 0.2) is 0 Å². The second-order valence-electron chi connectivity index (χ2n) is 6.37. The molecule has 3 aromatic rings. The van der Waals surface area contributed by atoms with Crippen molar-refractivity contribution in [1.82, 2.24) is 9.88 Å². The Hall–Kier alpha value is -2.51. The molecule has 2 aromatic heterocycles. The first kappa shape index (κ1) is 19.3. The van der Waals surface area contributed by atoms with Crippen LogP contribution in [-0.2, 0) is 4.79 Å². The molecule has 0 saturated heterocycles. The highest BCUT2D eigenvalue weighted by Gasteiger charge is 2.21. The molecular formula is C20H21N3O2S2. The minimum absolute atomic E-state index is 0.0160. The second kappa shape index (κ2) is 8.02. The zero-order valence-corrected chi connectivity index (χ0v) is 17.3. The summed E-state index contributed by atoms with van der Waals surface area (Å²) in [4.78, 5) is 32.7. The molecule has 5 nitrogen and oxygen atoms in total. The molecule has 1 aromatic carbocycles. The molecule has 0 saturated carbocycles. The Kier molecular flexibility index (Phi) is 5.72. The highest BCUT2D eigenvalue weighted by atomic mass is 32.1. The Bertz CT molecular complexity index is 977. The summed E-state index contributed by atoms with van der Waals surface area (Å²) in [6, 6.07) is 9.71. The van der Waals surface area contributed by atoms with E-state index in [0.29, 0.717) is 10.6 Å². The summed E-state index contributed by atoms with van der Waals surface area (Å²) in [5, 5.41) is 5.70. The van der Waals surface area contributed by atoms with Crippen LogP contribution in [0.1, 0.15) is 26.5 Å². The first-order valence-corrected chi connectivity index (χ1v) is 10.2. The molecule has 0 aliphatic carbocycles. The normalized spacial score (nSPS) is 10.7. The van der Waals surface area contributed by atoms with Crippen LogP contribution in [0, 0.1) is 20.8 Å². The maximum atomic E-state index is 12.8. The fraction of sp³-hybridized carbons (Fsp3) is 0.250. The summed E-state index contributed by atoms with van der Waals surface area (Å²) in [5.74, 6) is -0.413. The lowest BCUT2D eigenvalue weighted by molar-refractivity contribution is -0.116. The van der Waals surface area contributed by atoms with Crippen molar-refractivity contribution in [2.24, 2.45) is 0 Å². The fourth-order valence-corrected chi connectivity index (χ4v) is 4.50. The van der Waals surface area contributed by atoms with E-state index in [9.17, 15) is 9.59 Å². The number of thiophene rings is 1. The van der Waals surface area contributed by atoms with Gasteiger partial charge < -0.3 is 10.2 Å². The molecule has 0 fully saturated rings. The Balaban J connectivity index is 1.69. The van der Waals surface area contributed by atoms with Gasteiger partial charge in [-0.3, -0.25) is 9.59 Å². The molecule has 0 spiro atoms. The summed E-state index contributed by atoms with van der Waals surface area (Å²) in [5.41, 5.74) is 3.60. The smallest absolute Gasteiger partial charge is 0.266 e. The molecule has 0 unspecified atom stereocenters. The monoisotopic (exact) mass is 399 g/mol. The third kappa shape index (κ3) is 4.26. The van der Waals surface area contributed by atoms with Crippen LogP contribution < -0.4 is 5.32 Å². The Morgan fingerprint density at radius 1 is 1.15 bits per heavy atom. The summed E-state index contributed by atoms with van der Waals surface area (Å²) >= 11 is 2.96. The van der Waals surface area contributed by atoms with E-state index in [0.717, 1.165) is 26.7 Å².